The molecule has 2 aromatic rings. The Labute approximate surface area is 131 Å². The first kappa shape index (κ1) is 16.0. The Morgan fingerprint density at radius 1 is 1.52 bits per heavy atom. The molecule has 0 unspecified atom stereocenters. The fourth-order valence-electron chi connectivity index (χ4n) is 1.98. The van der Waals surface area contributed by atoms with Crippen LogP contribution in [0.4, 0.5) is 5.69 Å². The molecule has 0 radical (unpaired) electrons. The van der Waals surface area contributed by atoms with Gasteiger partial charge in [-0.2, -0.15) is 0 Å². The molecule has 0 aliphatic heterocycles. The van der Waals surface area contributed by atoms with Crippen molar-refractivity contribution in [1.82, 2.24) is 15.3 Å². The number of H-pyrrole nitrogens is 1. The quantitative estimate of drug-likeness (QED) is 0.719. The average Bonchev–Trinajstić information content (AvgIpc) is 3.06. The number of phenols is 1. The van der Waals surface area contributed by atoms with Crippen LogP contribution in [0.25, 0.3) is 4.85 Å². The number of nitrogens with zero attached hydrogens (tertiary/aromatic N) is 2. The van der Waals surface area contributed by atoms with Crippen LogP contribution < -0.4 is 5.32 Å². The number of hydrogen-bond donors (Lipinski definition) is 3. The summed E-state index contributed by atoms with van der Waals surface area (Å²) in [6.45, 7) is 5.10. The van der Waals surface area contributed by atoms with Crippen LogP contribution in [-0.2, 0) is 16.0 Å². The predicted octanol–water partition coefficient (Wildman–Crippen LogP) is 1.22. The highest BCUT2D eigenvalue weighted by atomic mass is 16.5. The first-order valence-corrected chi connectivity index (χ1v) is 6.65. The number of rotatable bonds is 5. The Morgan fingerprint density at radius 2 is 2.30 bits per heavy atom. The first-order chi connectivity index (χ1) is 11.0. The SMILES string of the molecule is C#[N+]c1ccc(C(=O)N[C@H](Cc2cnc[nH]2)C(=O)OC)c(O)c1. The zero-order valence-corrected chi connectivity index (χ0v) is 12.3. The van der Waals surface area contributed by atoms with Crippen LogP contribution in [0.5, 0.6) is 5.75 Å². The van der Waals surface area contributed by atoms with E-state index in [9.17, 15) is 14.7 Å². The molecule has 0 saturated heterocycles. The average molecular weight is 315 g/mol. The first-order valence-electron chi connectivity index (χ1n) is 6.65. The number of benzene rings is 1. The molecule has 3 N–H and O–H groups in total. The van der Waals surface area contributed by atoms with E-state index in [1.54, 1.807) is 0 Å². The summed E-state index contributed by atoms with van der Waals surface area (Å²) in [6, 6.07) is 3.15. The van der Waals surface area contributed by atoms with Gasteiger partial charge in [-0.1, -0.05) is 0 Å². The largest absolute Gasteiger partial charge is 0.507 e. The van der Waals surface area contributed by atoms with E-state index in [2.05, 4.69) is 24.9 Å². The number of carbonyl (C=O) groups excluding carboxylic acids is 2. The molecular weight excluding hydrogens is 300 g/mol. The summed E-state index contributed by atoms with van der Waals surface area (Å²) in [5.41, 5.74) is 0.971. The van der Waals surface area contributed by atoms with Gasteiger partial charge in [-0.25, -0.2) is 9.78 Å². The van der Waals surface area contributed by atoms with Crippen molar-refractivity contribution in [3.8, 4) is 12.3 Å². The summed E-state index contributed by atoms with van der Waals surface area (Å²) in [4.78, 5) is 34.2. The van der Waals surface area contributed by atoms with Gasteiger partial charge >= 0.3 is 11.7 Å². The number of aromatic hydroxyl groups is 1. The minimum absolute atomic E-state index is 0.00378. The molecule has 1 heterocycles. The van der Waals surface area contributed by atoms with Crippen molar-refractivity contribution in [2.75, 3.05) is 7.11 Å². The van der Waals surface area contributed by atoms with Crippen molar-refractivity contribution in [1.29, 1.82) is 0 Å². The second kappa shape index (κ2) is 7.09. The smallest absolute Gasteiger partial charge is 0.343 e. The fraction of sp³-hybridized carbons (Fsp3) is 0.200. The van der Waals surface area contributed by atoms with Crippen LogP contribution >= 0.6 is 0 Å². The molecule has 1 atom stereocenters. The summed E-state index contributed by atoms with van der Waals surface area (Å²) in [7, 11) is 1.23. The summed E-state index contributed by atoms with van der Waals surface area (Å²) in [6.07, 6.45) is 3.18. The summed E-state index contributed by atoms with van der Waals surface area (Å²) in [5.74, 6) is -1.53. The summed E-state index contributed by atoms with van der Waals surface area (Å²) < 4.78 is 4.68. The summed E-state index contributed by atoms with van der Waals surface area (Å²) >= 11 is 0. The topological polar surface area (TPSA) is 109 Å². The van der Waals surface area contributed by atoms with Gasteiger partial charge in [-0.15, -0.1) is 0 Å². The Kier molecular flexibility index (Phi) is 4.94. The van der Waals surface area contributed by atoms with E-state index in [0.717, 1.165) is 0 Å². The van der Waals surface area contributed by atoms with E-state index in [-0.39, 0.29) is 17.7 Å². The monoisotopic (exact) mass is 315 g/mol. The fourth-order valence-corrected chi connectivity index (χ4v) is 1.98. The third-order valence-electron chi connectivity index (χ3n) is 3.14. The van der Waals surface area contributed by atoms with E-state index in [1.807, 2.05) is 0 Å². The van der Waals surface area contributed by atoms with Gasteiger partial charge < -0.3 is 20.1 Å². The van der Waals surface area contributed by atoms with E-state index in [1.165, 1.54) is 37.8 Å². The second-order valence-electron chi connectivity index (χ2n) is 4.66. The van der Waals surface area contributed by atoms with Crippen LogP contribution in [0.15, 0.2) is 30.7 Å². The highest BCUT2D eigenvalue weighted by Crippen LogP contribution is 2.23. The van der Waals surface area contributed by atoms with Crippen molar-refractivity contribution in [2.45, 2.75) is 12.5 Å². The molecule has 8 heteroatoms. The maximum absolute atomic E-state index is 12.3. The Bertz CT molecular complexity index is 749. The Morgan fingerprint density at radius 3 is 2.87 bits per heavy atom. The van der Waals surface area contributed by atoms with Crippen molar-refractivity contribution in [3.63, 3.8) is 0 Å². The molecule has 0 saturated carbocycles. The Balaban J connectivity index is 2.17. The van der Waals surface area contributed by atoms with Gasteiger partial charge in [0, 0.05) is 24.4 Å². The molecule has 8 nitrogen and oxygen atoms in total. The number of ether oxygens (including phenoxy) is 1. The number of aromatic amines is 1. The summed E-state index contributed by atoms with van der Waals surface area (Å²) in [5, 5.41) is 12.4. The second-order valence-corrected chi connectivity index (χ2v) is 4.66. The number of carbonyl (C=O) groups is 2. The van der Waals surface area contributed by atoms with E-state index in [4.69, 9.17) is 6.57 Å². The standard InChI is InChI=1S/C15H14N4O4/c1-16-9-3-4-11(13(20)6-9)14(21)19-12(15(22)23-2)5-10-7-17-8-18-10/h1,3-4,6-8,12H,5H2,2H3,(H2-,17,18,19,20,21)/p+1/t12-/m1/s1. The lowest BCUT2D eigenvalue weighted by Crippen LogP contribution is -2.43. The minimum Gasteiger partial charge on any atom is -0.507 e. The maximum atomic E-state index is 12.3. The van der Waals surface area contributed by atoms with Gasteiger partial charge in [-0.05, 0) is 10.9 Å². The van der Waals surface area contributed by atoms with Crippen molar-refractivity contribution < 1.29 is 19.4 Å². The predicted molar refractivity (Wildman–Crippen MR) is 81.6 cm³/mol. The lowest BCUT2D eigenvalue weighted by molar-refractivity contribution is -0.142. The van der Waals surface area contributed by atoms with Crippen molar-refractivity contribution in [3.05, 3.63) is 46.8 Å². The van der Waals surface area contributed by atoms with Gasteiger partial charge in [0.05, 0.1) is 25.1 Å². The zero-order valence-electron chi connectivity index (χ0n) is 12.3. The number of phenolic OH excluding ortho intramolecular Hbond substituents is 1. The molecule has 0 aliphatic rings. The lowest BCUT2D eigenvalue weighted by Gasteiger charge is -2.16. The molecule has 1 amide bonds. The van der Waals surface area contributed by atoms with Gasteiger partial charge in [0.2, 0.25) is 0 Å². The number of aromatic nitrogens is 2. The zero-order chi connectivity index (χ0) is 16.8. The molecule has 23 heavy (non-hydrogen) atoms. The number of esters is 1. The normalized spacial score (nSPS) is 11.3. The molecule has 0 bridgehead atoms. The molecule has 2 rings (SSSR count). The number of methoxy groups -OCH3 is 1. The number of amides is 1. The number of nitrogens with one attached hydrogen (secondary N) is 2. The minimum atomic E-state index is -0.925. The molecule has 1 aromatic carbocycles. The van der Waals surface area contributed by atoms with E-state index < -0.39 is 17.9 Å². The third-order valence-corrected chi connectivity index (χ3v) is 3.14. The van der Waals surface area contributed by atoms with E-state index >= 15 is 0 Å². The maximum Gasteiger partial charge on any atom is 0.343 e. The van der Waals surface area contributed by atoms with Crippen LogP contribution in [0.3, 0.4) is 0 Å². The Hall–Kier alpha value is -3.34. The molecular formula is C15H15N4O4+. The van der Waals surface area contributed by atoms with Gasteiger partial charge in [0.1, 0.15) is 11.8 Å². The van der Waals surface area contributed by atoms with Gasteiger partial charge in [-0.3, -0.25) is 4.79 Å². The number of hydrogen-bond acceptors (Lipinski definition) is 5. The van der Waals surface area contributed by atoms with Crippen LogP contribution in [0.1, 0.15) is 16.1 Å². The number of imidazole rings is 1. The highest BCUT2D eigenvalue weighted by Gasteiger charge is 2.24. The lowest BCUT2D eigenvalue weighted by atomic mass is 10.1. The highest BCUT2D eigenvalue weighted by molar-refractivity contribution is 5.99. The molecule has 1 aromatic heterocycles. The van der Waals surface area contributed by atoms with E-state index in [0.29, 0.717) is 11.4 Å². The van der Waals surface area contributed by atoms with Crippen LogP contribution in [0, 0.1) is 6.57 Å². The van der Waals surface area contributed by atoms with Crippen molar-refractivity contribution >= 4 is 17.6 Å². The van der Waals surface area contributed by atoms with Crippen molar-refractivity contribution in [2.24, 2.45) is 0 Å². The van der Waals surface area contributed by atoms with Gasteiger partial charge in [0.15, 0.2) is 0 Å². The third kappa shape index (κ3) is 3.85. The molecule has 0 spiro atoms. The van der Waals surface area contributed by atoms with Crippen LogP contribution in [0.2, 0.25) is 0 Å². The molecule has 0 aliphatic carbocycles. The molecule has 118 valence electrons. The van der Waals surface area contributed by atoms with Crippen LogP contribution in [-0.4, -0.2) is 40.1 Å². The van der Waals surface area contributed by atoms with Gasteiger partial charge in [0.25, 0.3) is 12.5 Å². The molecule has 0 fully saturated rings.